The largest absolute Gasteiger partial charge is 0.483 e. The first kappa shape index (κ1) is 13.4. The molecule has 1 aromatic heterocycles. The predicted octanol–water partition coefficient (Wildman–Crippen LogP) is 2.98. The summed E-state index contributed by atoms with van der Waals surface area (Å²) >= 11 is 0. The highest BCUT2D eigenvalue weighted by atomic mass is 16.5. The fraction of sp³-hybridized carbons (Fsp3) is 0.118. The molecular formula is C17H16N2O2. The Bertz CT molecular complexity index is 664. The molecule has 0 aliphatic carbocycles. The molecule has 1 N–H and O–H groups in total. The van der Waals surface area contributed by atoms with Crippen molar-refractivity contribution >= 4 is 0 Å². The number of benzene rings is 2. The zero-order chi connectivity index (χ0) is 14.5. The van der Waals surface area contributed by atoms with Crippen LogP contribution in [0.3, 0.4) is 0 Å². The summed E-state index contributed by atoms with van der Waals surface area (Å²) in [7, 11) is 0. The molecule has 0 radical (unpaired) electrons. The van der Waals surface area contributed by atoms with E-state index in [1.165, 1.54) is 0 Å². The third-order valence-electron chi connectivity index (χ3n) is 3.25. The van der Waals surface area contributed by atoms with E-state index in [0.29, 0.717) is 0 Å². The third-order valence-corrected chi connectivity index (χ3v) is 3.25. The van der Waals surface area contributed by atoms with Crippen molar-refractivity contribution < 1.29 is 9.84 Å². The summed E-state index contributed by atoms with van der Waals surface area (Å²) in [5.74, 6) is 0.724. The van der Waals surface area contributed by atoms with Crippen LogP contribution in [0.2, 0.25) is 0 Å². The van der Waals surface area contributed by atoms with E-state index in [1.54, 1.807) is 12.5 Å². The summed E-state index contributed by atoms with van der Waals surface area (Å²) in [4.78, 5) is 4.02. The Labute approximate surface area is 123 Å². The van der Waals surface area contributed by atoms with E-state index >= 15 is 0 Å². The molecule has 106 valence electrons. The third kappa shape index (κ3) is 3.12. The van der Waals surface area contributed by atoms with Crippen molar-refractivity contribution in [1.82, 2.24) is 9.55 Å². The molecule has 1 unspecified atom stereocenters. The Morgan fingerprint density at radius 2 is 1.81 bits per heavy atom. The van der Waals surface area contributed by atoms with Gasteiger partial charge in [-0.15, -0.1) is 0 Å². The van der Waals surface area contributed by atoms with Gasteiger partial charge in [-0.05, 0) is 29.8 Å². The SMILES string of the molecule is OCC(Oc1ccc(-n2ccnc2)cc1)c1ccccc1. The van der Waals surface area contributed by atoms with Gasteiger partial charge in [0.25, 0.3) is 0 Å². The first-order valence-corrected chi connectivity index (χ1v) is 6.77. The van der Waals surface area contributed by atoms with Crippen molar-refractivity contribution in [2.24, 2.45) is 0 Å². The zero-order valence-electron chi connectivity index (χ0n) is 11.5. The van der Waals surface area contributed by atoms with Crippen molar-refractivity contribution in [1.29, 1.82) is 0 Å². The van der Waals surface area contributed by atoms with Crippen LogP contribution in [0.4, 0.5) is 0 Å². The van der Waals surface area contributed by atoms with Crippen LogP contribution in [0.25, 0.3) is 5.69 Å². The monoisotopic (exact) mass is 280 g/mol. The summed E-state index contributed by atoms with van der Waals surface area (Å²) in [5, 5.41) is 9.51. The van der Waals surface area contributed by atoms with E-state index in [1.807, 2.05) is 65.4 Å². The molecule has 0 fully saturated rings. The quantitative estimate of drug-likeness (QED) is 0.781. The second kappa shape index (κ2) is 6.24. The highest BCUT2D eigenvalue weighted by Gasteiger charge is 2.11. The minimum absolute atomic E-state index is 0.0622. The first-order valence-electron chi connectivity index (χ1n) is 6.77. The Morgan fingerprint density at radius 1 is 1.05 bits per heavy atom. The van der Waals surface area contributed by atoms with Crippen LogP contribution in [-0.2, 0) is 0 Å². The number of aliphatic hydroxyl groups excluding tert-OH is 1. The summed E-state index contributed by atoms with van der Waals surface area (Å²) in [6.45, 7) is -0.0622. The molecule has 0 saturated carbocycles. The normalized spacial score (nSPS) is 12.0. The number of rotatable bonds is 5. The molecule has 3 rings (SSSR count). The lowest BCUT2D eigenvalue weighted by molar-refractivity contribution is 0.116. The van der Waals surface area contributed by atoms with E-state index in [0.717, 1.165) is 17.0 Å². The average Bonchev–Trinajstić information content (AvgIpc) is 3.08. The van der Waals surface area contributed by atoms with Gasteiger partial charge in [0.15, 0.2) is 0 Å². The summed E-state index contributed by atoms with van der Waals surface area (Å²) in [5.41, 5.74) is 1.97. The second-order valence-corrected chi connectivity index (χ2v) is 4.66. The van der Waals surface area contributed by atoms with Crippen molar-refractivity contribution in [3.63, 3.8) is 0 Å². The number of aromatic nitrogens is 2. The van der Waals surface area contributed by atoms with Gasteiger partial charge in [-0.25, -0.2) is 4.98 Å². The molecule has 4 nitrogen and oxygen atoms in total. The van der Waals surface area contributed by atoms with Crippen molar-refractivity contribution in [2.45, 2.75) is 6.10 Å². The molecule has 3 aromatic rings. The van der Waals surface area contributed by atoms with Gasteiger partial charge in [0.2, 0.25) is 0 Å². The van der Waals surface area contributed by atoms with Crippen LogP contribution in [0.5, 0.6) is 5.75 Å². The highest BCUT2D eigenvalue weighted by molar-refractivity contribution is 5.37. The number of aliphatic hydroxyl groups is 1. The van der Waals surface area contributed by atoms with Crippen LogP contribution in [-0.4, -0.2) is 21.3 Å². The molecule has 0 spiro atoms. The fourth-order valence-corrected chi connectivity index (χ4v) is 2.15. The summed E-state index contributed by atoms with van der Waals surface area (Å²) in [6, 6.07) is 17.4. The van der Waals surface area contributed by atoms with E-state index in [4.69, 9.17) is 4.74 Å². The van der Waals surface area contributed by atoms with E-state index < -0.39 is 0 Å². The molecule has 1 heterocycles. The average molecular weight is 280 g/mol. The van der Waals surface area contributed by atoms with E-state index in [2.05, 4.69) is 4.98 Å². The summed E-state index contributed by atoms with van der Waals surface area (Å²) in [6.07, 6.45) is 5.01. The molecule has 0 aliphatic heterocycles. The van der Waals surface area contributed by atoms with Gasteiger partial charge < -0.3 is 14.4 Å². The minimum Gasteiger partial charge on any atom is -0.483 e. The Hall–Kier alpha value is -2.59. The van der Waals surface area contributed by atoms with Crippen molar-refractivity contribution in [2.75, 3.05) is 6.61 Å². The molecule has 0 amide bonds. The lowest BCUT2D eigenvalue weighted by Gasteiger charge is -2.17. The van der Waals surface area contributed by atoms with Gasteiger partial charge in [-0.1, -0.05) is 30.3 Å². The van der Waals surface area contributed by atoms with Crippen molar-refractivity contribution in [3.8, 4) is 11.4 Å². The highest BCUT2D eigenvalue weighted by Crippen LogP contribution is 2.22. The van der Waals surface area contributed by atoms with Crippen LogP contribution >= 0.6 is 0 Å². The number of hydrogen-bond acceptors (Lipinski definition) is 3. The smallest absolute Gasteiger partial charge is 0.147 e. The number of imidazole rings is 1. The molecule has 4 heteroatoms. The molecule has 0 saturated heterocycles. The molecular weight excluding hydrogens is 264 g/mol. The van der Waals surface area contributed by atoms with Crippen LogP contribution in [0.15, 0.2) is 73.3 Å². The molecule has 0 bridgehead atoms. The van der Waals surface area contributed by atoms with Gasteiger partial charge >= 0.3 is 0 Å². The van der Waals surface area contributed by atoms with Crippen LogP contribution in [0.1, 0.15) is 11.7 Å². The maximum atomic E-state index is 9.51. The summed E-state index contributed by atoms with van der Waals surface area (Å²) < 4.78 is 7.77. The molecule has 21 heavy (non-hydrogen) atoms. The maximum Gasteiger partial charge on any atom is 0.147 e. The van der Waals surface area contributed by atoms with E-state index in [-0.39, 0.29) is 12.7 Å². The maximum absolute atomic E-state index is 9.51. The predicted molar refractivity (Wildman–Crippen MR) is 80.5 cm³/mol. The van der Waals surface area contributed by atoms with Gasteiger partial charge in [0, 0.05) is 18.1 Å². The topological polar surface area (TPSA) is 47.3 Å². The Balaban J connectivity index is 1.75. The Kier molecular flexibility index (Phi) is 3.98. The molecule has 0 aliphatic rings. The lowest BCUT2D eigenvalue weighted by atomic mass is 10.1. The zero-order valence-corrected chi connectivity index (χ0v) is 11.5. The molecule has 1 atom stereocenters. The number of nitrogens with zero attached hydrogens (tertiary/aromatic N) is 2. The van der Waals surface area contributed by atoms with Crippen molar-refractivity contribution in [3.05, 3.63) is 78.9 Å². The lowest BCUT2D eigenvalue weighted by Crippen LogP contribution is -2.11. The van der Waals surface area contributed by atoms with Crippen LogP contribution in [0, 0.1) is 0 Å². The fourth-order valence-electron chi connectivity index (χ4n) is 2.15. The van der Waals surface area contributed by atoms with Gasteiger partial charge in [-0.2, -0.15) is 0 Å². The van der Waals surface area contributed by atoms with Gasteiger partial charge in [0.05, 0.1) is 12.9 Å². The molecule has 2 aromatic carbocycles. The minimum atomic E-state index is -0.356. The second-order valence-electron chi connectivity index (χ2n) is 4.66. The van der Waals surface area contributed by atoms with Crippen LogP contribution < -0.4 is 4.74 Å². The van der Waals surface area contributed by atoms with Gasteiger partial charge in [0.1, 0.15) is 11.9 Å². The van der Waals surface area contributed by atoms with E-state index in [9.17, 15) is 5.11 Å². The van der Waals surface area contributed by atoms with Gasteiger partial charge in [-0.3, -0.25) is 0 Å². The first-order chi connectivity index (χ1) is 10.4. The standard InChI is InChI=1S/C17H16N2O2/c20-12-17(14-4-2-1-3-5-14)21-16-8-6-15(7-9-16)19-11-10-18-13-19/h1-11,13,17,20H,12H2. The Morgan fingerprint density at radius 3 is 2.43 bits per heavy atom. The number of ether oxygens (including phenoxy) is 1. The number of hydrogen-bond donors (Lipinski definition) is 1.